The predicted molar refractivity (Wildman–Crippen MR) is 83.9 cm³/mol. The van der Waals surface area contributed by atoms with Crippen LogP contribution in [0.2, 0.25) is 0 Å². The fourth-order valence-electron chi connectivity index (χ4n) is 2.65. The molecule has 0 atom stereocenters. The maximum Gasteiger partial charge on any atom is 0.276 e. The van der Waals surface area contributed by atoms with E-state index < -0.39 is 0 Å². The first-order chi connectivity index (χ1) is 9.49. The van der Waals surface area contributed by atoms with Crippen molar-refractivity contribution in [3.05, 3.63) is 38.9 Å². The molecular weight excluding hydrogens is 372 g/mol. The number of nitrogens with zero attached hydrogens (tertiary/aromatic N) is 3. The molecule has 0 N–H and O–H groups in total. The Hall–Kier alpha value is -1.15. The van der Waals surface area contributed by atoms with Gasteiger partial charge in [0.25, 0.3) is 5.91 Å². The molecular formula is C14H15FIN3O. The van der Waals surface area contributed by atoms with Gasteiger partial charge >= 0.3 is 0 Å². The van der Waals surface area contributed by atoms with Gasteiger partial charge in [-0.3, -0.25) is 9.80 Å². The summed E-state index contributed by atoms with van der Waals surface area (Å²) in [6.45, 7) is 3.87. The zero-order valence-electron chi connectivity index (χ0n) is 11.4. The Bertz CT molecular complexity index is 616. The lowest BCUT2D eigenvalue weighted by molar-refractivity contribution is -0.120. The summed E-state index contributed by atoms with van der Waals surface area (Å²) in [6, 6.07) is 4.82. The van der Waals surface area contributed by atoms with Gasteiger partial charge in [0.2, 0.25) is 0 Å². The van der Waals surface area contributed by atoms with E-state index in [0.717, 1.165) is 28.1 Å². The molecule has 3 rings (SSSR count). The number of hydrazine groups is 1. The van der Waals surface area contributed by atoms with Gasteiger partial charge in [-0.15, -0.1) is 0 Å². The molecule has 2 heterocycles. The second kappa shape index (κ2) is 5.00. The van der Waals surface area contributed by atoms with Crippen LogP contribution in [0.4, 0.5) is 10.1 Å². The van der Waals surface area contributed by atoms with Gasteiger partial charge in [-0.25, -0.2) is 9.40 Å². The summed E-state index contributed by atoms with van der Waals surface area (Å²) in [6.07, 6.45) is 0. The van der Waals surface area contributed by atoms with Gasteiger partial charge in [0.1, 0.15) is 11.5 Å². The number of carbonyl (C=O) groups excluding carboxylic acids is 1. The van der Waals surface area contributed by atoms with Crippen LogP contribution in [0.15, 0.2) is 27.5 Å². The first-order valence-electron chi connectivity index (χ1n) is 6.44. The number of likely N-dealkylation sites (N-methyl/N-ethyl adjacent to an activating group) is 1. The third kappa shape index (κ3) is 2.10. The average molecular weight is 387 g/mol. The SMILES string of the molecule is Cc1cc(N2CCN3C(=C(I)CN3C)C2=O)ccc1F. The maximum atomic E-state index is 13.4. The van der Waals surface area contributed by atoms with E-state index >= 15 is 0 Å². The van der Waals surface area contributed by atoms with Crippen LogP contribution in [-0.4, -0.2) is 42.6 Å². The summed E-state index contributed by atoms with van der Waals surface area (Å²) in [7, 11) is 1.98. The zero-order valence-corrected chi connectivity index (χ0v) is 13.5. The summed E-state index contributed by atoms with van der Waals surface area (Å²) in [5.74, 6) is -0.245. The number of halogens is 2. The van der Waals surface area contributed by atoms with Crippen LogP contribution >= 0.6 is 22.6 Å². The molecule has 6 heteroatoms. The van der Waals surface area contributed by atoms with Gasteiger partial charge < -0.3 is 4.90 Å². The fourth-order valence-corrected chi connectivity index (χ4v) is 3.65. The molecule has 0 radical (unpaired) electrons. The smallest absolute Gasteiger partial charge is 0.276 e. The molecule has 1 aromatic carbocycles. The molecule has 0 saturated carbocycles. The normalized spacial score (nSPS) is 19.9. The van der Waals surface area contributed by atoms with Crippen molar-refractivity contribution in [1.82, 2.24) is 10.0 Å². The summed E-state index contributed by atoms with van der Waals surface area (Å²) in [4.78, 5) is 14.4. The van der Waals surface area contributed by atoms with Gasteiger partial charge in [-0.05, 0) is 53.3 Å². The Kier molecular flexibility index (Phi) is 3.45. The number of fused-ring (bicyclic) bond motifs is 1. The van der Waals surface area contributed by atoms with Crippen LogP contribution in [0, 0.1) is 12.7 Å². The number of hydrogen-bond acceptors (Lipinski definition) is 3. The predicted octanol–water partition coefficient (Wildman–Crippen LogP) is 2.29. The second-order valence-corrected chi connectivity index (χ2v) is 6.38. The molecule has 2 aliphatic heterocycles. The van der Waals surface area contributed by atoms with E-state index in [1.807, 2.05) is 12.1 Å². The van der Waals surface area contributed by atoms with Crippen molar-refractivity contribution in [2.45, 2.75) is 6.92 Å². The number of piperazine rings is 1. The summed E-state index contributed by atoms with van der Waals surface area (Å²) < 4.78 is 14.4. The number of anilines is 1. The number of carbonyl (C=O) groups is 1. The third-order valence-corrected chi connectivity index (χ3v) is 4.58. The Morgan fingerprint density at radius 1 is 1.30 bits per heavy atom. The third-order valence-electron chi connectivity index (χ3n) is 3.73. The minimum atomic E-state index is -0.241. The largest absolute Gasteiger partial charge is 0.305 e. The van der Waals surface area contributed by atoms with Gasteiger partial charge in [0.15, 0.2) is 0 Å². The molecule has 106 valence electrons. The van der Waals surface area contributed by atoms with Crippen molar-refractivity contribution in [2.24, 2.45) is 0 Å². The molecule has 1 amide bonds. The lowest BCUT2D eigenvalue weighted by atomic mass is 10.1. The highest BCUT2D eigenvalue weighted by Crippen LogP contribution is 2.32. The minimum Gasteiger partial charge on any atom is -0.305 e. The first-order valence-corrected chi connectivity index (χ1v) is 7.52. The number of amides is 1. The van der Waals surface area contributed by atoms with Crippen molar-refractivity contribution in [2.75, 3.05) is 31.6 Å². The molecule has 4 nitrogen and oxygen atoms in total. The Morgan fingerprint density at radius 2 is 2.05 bits per heavy atom. The van der Waals surface area contributed by atoms with Gasteiger partial charge in [-0.2, -0.15) is 0 Å². The van der Waals surface area contributed by atoms with Crippen LogP contribution in [0.25, 0.3) is 0 Å². The molecule has 0 spiro atoms. The lowest BCUT2D eigenvalue weighted by Crippen LogP contribution is -2.51. The molecule has 0 bridgehead atoms. The van der Waals surface area contributed by atoms with E-state index in [9.17, 15) is 9.18 Å². The van der Waals surface area contributed by atoms with Crippen LogP contribution in [0.5, 0.6) is 0 Å². The topological polar surface area (TPSA) is 26.8 Å². The summed E-state index contributed by atoms with van der Waals surface area (Å²) >= 11 is 2.23. The van der Waals surface area contributed by atoms with E-state index in [0.29, 0.717) is 12.1 Å². The highest BCUT2D eigenvalue weighted by atomic mass is 127. The van der Waals surface area contributed by atoms with E-state index in [4.69, 9.17) is 0 Å². The van der Waals surface area contributed by atoms with Gasteiger partial charge in [0.05, 0.1) is 13.1 Å². The molecule has 0 unspecified atom stereocenters. The van der Waals surface area contributed by atoms with Gasteiger partial charge in [0, 0.05) is 22.9 Å². The monoisotopic (exact) mass is 387 g/mol. The van der Waals surface area contributed by atoms with Crippen molar-refractivity contribution in [3.8, 4) is 0 Å². The quantitative estimate of drug-likeness (QED) is 0.692. The molecule has 20 heavy (non-hydrogen) atoms. The second-order valence-electron chi connectivity index (χ2n) is 5.08. The Balaban J connectivity index is 1.95. The lowest BCUT2D eigenvalue weighted by Gasteiger charge is -2.37. The molecule has 0 aromatic heterocycles. The first kappa shape index (κ1) is 13.8. The number of aryl methyl sites for hydroxylation is 1. The van der Waals surface area contributed by atoms with E-state index in [2.05, 4.69) is 27.6 Å². The minimum absolute atomic E-state index is 0.00370. The summed E-state index contributed by atoms with van der Waals surface area (Å²) in [5, 5.41) is 4.08. The van der Waals surface area contributed by atoms with Gasteiger partial charge in [-0.1, -0.05) is 0 Å². The van der Waals surface area contributed by atoms with Crippen molar-refractivity contribution in [3.63, 3.8) is 0 Å². The van der Waals surface area contributed by atoms with Crippen molar-refractivity contribution >= 4 is 34.2 Å². The highest BCUT2D eigenvalue weighted by molar-refractivity contribution is 14.1. The maximum absolute atomic E-state index is 13.4. The van der Waals surface area contributed by atoms with E-state index in [-0.39, 0.29) is 11.7 Å². The zero-order chi connectivity index (χ0) is 14.4. The molecule has 1 fully saturated rings. The Morgan fingerprint density at radius 3 is 2.75 bits per heavy atom. The van der Waals surface area contributed by atoms with Crippen molar-refractivity contribution < 1.29 is 9.18 Å². The standard InChI is InChI=1S/C14H15FIN3O/c1-9-7-10(3-4-11(9)15)18-5-6-19-13(14(18)20)12(16)8-17(19)2/h3-4,7H,5-6,8H2,1-2H3. The number of hydrogen-bond donors (Lipinski definition) is 0. The van der Waals surface area contributed by atoms with Crippen LogP contribution < -0.4 is 4.90 Å². The summed E-state index contributed by atoms with van der Waals surface area (Å²) in [5.41, 5.74) is 2.08. The van der Waals surface area contributed by atoms with Crippen molar-refractivity contribution in [1.29, 1.82) is 0 Å². The molecule has 2 aliphatic rings. The van der Waals surface area contributed by atoms with Crippen LogP contribution in [0.3, 0.4) is 0 Å². The molecule has 0 aliphatic carbocycles. The van der Waals surface area contributed by atoms with Crippen LogP contribution in [0.1, 0.15) is 5.56 Å². The van der Waals surface area contributed by atoms with E-state index in [1.54, 1.807) is 24.0 Å². The van der Waals surface area contributed by atoms with Crippen LogP contribution in [-0.2, 0) is 4.79 Å². The average Bonchev–Trinajstić information content (AvgIpc) is 2.69. The Labute approximate surface area is 130 Å². The number of rotatable bonds is 1. The fraction of sp³-hybridized carbons (Fsp3) is 0.357. The highest BCUT2D eigenvalue weighted by Gasteiger charge is 2.38. The molecule has 1 saturated heterocycles. The molecule has 1 aromatic rings. The number of benzene rings is 1. The van der Waals surface area contributed by atoms with E-state index in [1.165, 1.54) is 6.07 Å².